The van der Waals surface area contributed by atoms with Crippen LogP contribution in [0, 0.1) is 11.3 Å². The van der Waals surface area contributed by atoms with Crippen LogP contribution in [0.3, 0.4) is 0 Å². The number of hydrogen-bond acceptors (Lipinski definition) is 1. The van der Waals surface area contributed by atoms with Gasteiger partial charge in [-0.1, -0.05) is 55.2 Å². The van der Waals surface area contributed by atoms with Gasteiger partial charge >= 0.3 is 0 Å². The number of carbonyl (C=O) groups excluding carboxylic acids is 1. The van der Waals surface area contributed by atoms with E-state index in [-0.39, 0.29) is 11.8 Å². The smallest absolute Gasteiger partial charge is 0.233 e. The first-order chi connectivity index (χ1) is 8.99. The first-order valence-corrected chi connectivity index (χ1v) is 7.12. The Morgan fingerprint density at radius 2 is 2.11 bits per heavy atom. The van der Waals surface area contributed by atoms with E-state index in [1.165, 1.54) is 5.54 Å². The number of amides is 1. The Hall–Kier alpha value is -0.990. The Labute approximate surface area is 124 Å². The van der Waals surface area contributed by atoms with E-state index in [4.69, 9.17) is 23.2 Å². The van der Waals surface area contributed by atoms with Crippen LogP contribution in [-0.2, 0) is 4.79 Å². The number of para-hydroxylation sites is 1. The standard InChI is InChI=1S/C15H17Cl2NO/c1-11-10-18(13-6-4-3-5-7-13)14(19)15(11,2)8-12(17)9-16/h3-7,9,11H,8,10H2,1-2H3/b12-9+/t11-,15-/m1/s1. The van der Waals surface area contributed by atoms with Crippen LogP contribution in [0.1, 0.15) is 20.3 Å². The molecule has 1 aromatic rings. The van der Waals surface area contributed by atoms with Gasteiger partial charge in [-0.3, -0.25) is 4.79 Å². The highest BCUT2D eigenvalue weighted by atomic mass is 35.5. The van der Waals surface area contributed by atoms with Gasteiger partial charge in [0.1, 0.15) is 0 Å². The van der Waals surface area contributed by atoms with Crippen molar-refractivity contribution in [2.24, 2.45) is 11.3 Å². The molecule has 1 saturated heterocycles. The molecular weight excluding hydrogens is 281 g/mol. The monoisotopic (exact) mass is 297 g/mol. The van der Waals surface area contributed by atoms with Gasteiger partial charge < -0.3 is 4.90 Å². The van der Waals surface area contributed by atoms with Gasteiger partial charge in [0.15, 0.2) is 0 Å². The minimum absolute atomic E-state index is 0.114. The summed E-state index contributed by atoms with van der Waals surface area (Å²) in [7, 11) is 0. The Kier molecular flexibility index (Phi) is 4.22. The van der Waals surface area contributed by atoms with E-state index in [1.807, 2.05) is 42.2 Å². The van der Waals surface area contributed by atoms with E-state index < -0.39 is 5.41 Å². The summed E-state index contributed by atoms with van der Waals surface area (Å²) in [6.07, 6.45) is 0.487. The van der Waals surface area contributed by atoms with E-state index in [9.17, 15) is 4.79 Å². The van der Waals surface area contributed by atoms with Crippen molar-refractivity contribution in [1.82, 2.24) is 0 Å². The van der Waals surface area contributed by atoms with E-state index in [0.29, 0.717) is 18.0 Å². The van der Waals surface area contributed by atoms with Crippen molar-refractivity contribution in [2.75, 3.05) is 11.4 Å². The van der Waals surface area contributed by atoms with Crippen LogP contribution in [0.5, 0.6) is 0 Å². The van der Waals surface area contributed by atoms with Crippen LogP contribution in [0.2, 0.25) is 0 Å². The topological polar surface area (TPSA) is 20.3 Å². The molecule has 0 aliphatic carbocycles. The number of rotatable bonds is 3. The lowest BCUT2D eigenvalue weighted by atomic mass is 9.77. The van der Waals surface area contributed by atoms with Crippen LogP contribution in [0.25, 0.3) is 0 Å². The number of benzene rings is 1. The second-order valence-electron chi connectivity index (χ2n) is 5.30. The van der Waals surface area contributed by atoms with E-state index in [1.54, 1.807) is 0 Å². The third kappa shape index (κ3) is 2.65. The number of nitrogens with zero attached hydrogens (tertiary/aromatic N) is 1. The Morgan fingerprint density at radius 1 is 1.47 bits per heavy atom. The van der Waals surface area contributed by atoms with Gasteiger partial charge in [0.2, 0.25) is 5.91 Å². The summed E-state index contributed by atoms with van der Waals surface area (Å²) in [5.74, 6) is 0.341. The summed E-state index contributed by atoms with van der Waals surface area (Å²) >= 11 is 11.6. The van der Waals surface area contributed by atoms with Gasteiger partial charge in [0.25, 0.3) is 0 Å². The predicted octanol–water partition coefficient (Wildman–Crippen LogP) is 4.38. The highest BCUT2D eigenvalue weighted by Crippen LogP contribution is 2.44. The summed E-state index contributed by atoms with van der Waals surface area (Å²) in [5.41, 5.74) is 1.80. The molecule has 0 unspecified atom stereocenters. The molecule has 0 saturated carbocycles. The minimum Gasteiger partial charge on any atom is -0.312 e. The predicted molar refractivity (Wildman–Crippen MR) is 80.5 cm³/mol. The first kappa shape index (κ1) is 14.4. The second kappa shape index (κ2) is 5.56. The van der Waals surface area contributed by atoms with Crippen LogP contribution in [0.15, 0.2) is 40.9 Å². The molecule has 1 amide bonds. The highest BCUT2D eigenvalue weighted by Gasteiger charge is 2.48. The Bertz CT molecular complexity index is 500. The number of hydrogen-bond donors (Lipinski definition) is 0. The molecule has 2 nitrogen and oxygen atoms in total. The average Bonchev–Trinajstić information content (AvgIpc) is 2.64. The molecule has 0 aromatic heterocycles. The zero-order valence-corrected chi connectivity index (χ0v) is 12.6. The lowest BCUT2D eigenvalue weighted by Crippen LogP contribution is -2.33. The van der Waals surface area contributed by atoms with Gasteiger partial charge in [-0.2, -0.15) is 0 Å². The molecular formula is C15H17Cl2NO. The largest absolute Gasteiger partial charge is 0.312 e. The number of carbonyl (C=O) groups is 1. The van der Waals surface area contributed by atoms with Crippen LogP contribution in [0.4, 0.5) is 5.69 Å². The second-order valence-corrected chi connectivity index (χ2v) is 6.01. The third-order valence-corrected chi connectivity index (χ3v) is 4.62. The van der Waals surface area contributed by atoms with Crippen molar-refractivity contribution >= 4 is 34.8 Å². The van der Waals surface area contributed by atoms with Crippen LogP contribution >= 0.6 is 23.2 Å². The van der Waals surface area contributed by atoms with Gasteiger partial charge in [-0.15, -0.1) is 0 Å². The summed E-state index contributed by atoms with van der Waals surface area (Å²) in [5, 5.41) is 0.527. The van der Waals surface area contributed by atoms with Crippen LogP contribution in [-0.4, -0.2) is 12.5 Å². The Morgan fingerprint density at radius 3 is 2.68 bits per heavy atom. The molecule has 1 fully saturated rings. The molecule has 1 heterocycles. The fraction of sp³-hybridized carbons (Fsp3) is 0.400. The molecule has 0 radical (unpaired) electrons. The molecule has 19 heavy (non-hydrogen) atoms. The summed E-state index contributed by atoms with van der Waals surface area (Å²) in [4.78, 5) is 14.5. The fourth-order valence-electron chi connectivity index (χ4n) is 2.55. The van der Waals surface area contributed by atoms with Crippen molar-refractivity contribution in [2.45, 2.75) is 20.3 Å². The van der Waals surface area contributed by atoms with E-state index >= 15 is 0 Å². The SMILES string of the molecule is C[C@@H]1CN(c2ccccc2)C(=O)[C@]1(C)C/C(Cl)=C\Cl. The van der Waals surface area contributed by atoms with Gasteiger partial charge in [0.05, 0.1) is 5.41 Å². The van der Waals surface area contributed by atoms with Gasteiger partial charge in [-0.05, 0) is 24.5 Å². The van der Waals surface area contributed by atoms with Crippen molar-refractivity contribution in [3.63, 3.8) is 0 Å². The lowest BCUT2D eigenvalue weighted by molar-refractivity contribution is -0.125. The minimum atomic E-state index is -0.488. The van der Waals surface area contributed by atoms with Crippen LogP contribution < -0.4 is 4.90 Å². The van der Waals surface area contributed by atoms with Crippen molar-refractivity contribution in [3.05, 3.63) is 40.9 Å². The summed E-state index contributed by atoms with van der Waals surface area (Å²) in [6, 6.07) is 9.73. The van der Waals surface area contributed by atoms with Crippen molar-refractivity contribution < 1.29 is 4.79 Å². The van der Waals surface area contributed by atoms with Crippen molar-refractivity contribution in [1.29, 1.82) is 0 Å². The van der Waals surface area contributed by atoms with Gasteiger partial charge in [-0.25, -0.2) is 0 Å². The fourth-order valence-corrected chi connectivity index (χ4v) is 2.90. The number of allylic oxidation sites excluding steroid dienone is 1. The summed E-state index contributed by atoms with van der Waals surface area (Å²) < 4.78 is 0. The maximum atomic E-state index is 12.7. The molecule has 2 rings (SSSR count). The molecule has 1 aliphatic heterocycles. The van der Waals surface area contributed by atoms with E-state index in [0.717, 1.165) is 5.69 Å². The third-order valence-electron chi connectivity index (χ3n) is 4.00. The Balaban J connectivity index is 2.28. The molecule has 4 heteroatoms. The quantitative estimate of drug-likeness (QED) is 0.810. The lowest BCUT2D eigenvalue weighted by Gasteiger charge is -2.26. The average molecular weight is 298 g/mol. The molecule has 0 spiro atoms. The maximum absolute atomic E-state index is 12.7. The molecule has 102 valence electrons. The molecule has 1 aromatic carbocycles. The maximum Gasteiger partial charge on any atom is 0.233 e. The number of anilines is 1. The summed E-state index contributed by atoms with van der Waals surface area (Å²) in [6.45, 7) is 4.76. The normalized spacial score (nSPS) is 28.0. The zero-order valence-electron chi connectivity index (χ0n) is 11.1. The number of halogens is 2. The first-order valence-electron chi connectivity index (χ1n) is 6.31. The van der Waals surface area contributed by atoms with Crippen molar-refractivity contribution in [3.8, 4) is 0 Å². The molecule has 2 atom stereocenters. The molecule has 0 N–H and O–H groups in total. The zero-order chi connectivity index (χ0) is 14.0. The molecule has 1 aliphatic rings. The molecule has 0 bridgehead atoms. The highest BCUT2D eigenvalue weighted by molar-refractivity contribution is 6.36. The van der Waals surface area contributed by atoms with Gasteiger partial charge in [0, 0.05) is 22.8 Å². The van der Waals surface area contributed by atoms with E-state index in [2.05, 4.69) is 6.92 Å².